The van der Waals surface area contributed by atoms with Gasteiger partial charge in [-0.25, -0.2) is 0 Å². The summed E-state index contributed by atoms with van der Waals surface area (Å²) < 4.78 is 1.11. The summed E-state index contributed by atoms with van der Waals surface area (Å²) in [6.45, 7) is 2.26. The number of benzene rings is 2. The van der Waals surface area contributed by atoms with Crippen molar-refractivity contribution in [1.29, 1.82) is 0 Å². The fraction of sp³-hybridized carbons (Fsp3) is 0.294. The Bertz CT molecular complexity index is 577. The number of nitrogens with zero attached hydrogens (tertiary/aromatic N) is 1. The largest absolute Gasteiger partial charge is 0.371 e. The molecule has 104 valence electrons. The molecule has 1 heterocycles. The van der Waals surface area contributed by atoms with Crippen LogP contribution in [0.2, 0.25) is 0 Å². The van der Waals surface area contributed by atoms with Crippen molar-refractivity contribution in [3.63, 3.8) is 0 Å². The molecule has 0 bridgehead atoms. The molecule has 20 heavy (non-hydrogen) atoms. The van der Waals surface area contributed by atoms with E-state index in [0.29, 0.717) is 0 Å². The van der Waals surface area contributed by atoms with E-state index in [1.807, 2.05) is 18.2 Å². The highest BCUT2D eigenvalue weighted by Gasteiger charge is 2.20. The summed E-state index contributed by atoms with van der Waals surface area (Å²) in [6, 6.07) is 16.7. The van der Waals surface area contributed by atoms with Gasteiger partial charge in [-0.3, -0.25) is 0 Å². The molecule has 0 aromatic heterocycles. The first kappa shape index (κ1) is 13.7. The minimum Gasteiger partial charge on any atom is -0.371 e. The van der Waals surface area contributed by atoms with E-state index >= 15 is 0 Å². The fourth-order valence-corrected chi connectivity index (χ4v) is 3.20. The zero-order chi connectivity index (χ0) is 13.9. The molecule has 1 fully saturated rings. The van der Waals surface area contributed by atoms with Gasteiger partial charge in [0, 0.05) is 23.2 Å². The van der Waals surface area contributed by atoms with Crippen molar-refractivity contribution in [3.05, 3.63) is 64.1 Å². The molecule has 2 nitrogen and oxygen atoms in total. The Morgan fingerprint density at radius 1 is 1.00 bits per heavy atom. The van der Waals surface area contributed by atoms with Crippen LogP contribution >= 0.6 is 15.9 Å². The fourth-order valence-electron chi connectivity index (χ4n) is 2.85. The molecule has 1 aliphatic rings. The van der Waals surface area contributed by atoms with E-state index in [1.165, 1.54) is 24.1 Å². The van der Waals surface area contributed by atoms with E-state index in [4.69, 9.17) is 5.73 Å². The van der Waals surface area contributed by atoms with Crippen molar-refractivity contribution in [2.75, 3.05) is 18.0 Å². The predicted molar refractivity (Wildman–Crippen MR) is 88.1 cm³/mol. The molecule has 1 unspecified atom stereocenters. The number of hydrogen-bond acceptors (Lipinski definition) is 2. The van der Waals surface area contributed by atoms with E-state index in [9.17, 15) is 0 Å². The summed E-state index contributed by atoms with van der Waals surface area (Å²) in [5.74, 6) is 0. The first-order chi connectivity index (χ1) is 9.75. The summed E-state index contributed by atoms with van der Waals surface area (Å²) >= 11 is 3.58. The van der Waals surface area contributed by atoms with Crippen molar-refractivity contribution < 1.29 is 0 Å². The molecule has 3 heteroatoms. The average molecular weight is 331 g/mol. The monoisotopic (exact) mass is 330 g/mol. The second-order valence-electron chi connectivity index (χ2n) is 5.29. The zero-order valence-electron chi connectivity index (χ0n) is 11.4. The van der Waals surface area contributed by atoms with Gasteiger partial charge in [0.25, 0.3) is 0 Å². The van der Waals surface area contributed by atoms with Crippen LogP contribution in [-0.4, -0.2) is 13.1 Å². The van der Waals surface area contributed by atoms with Crippen LogP contribution in [0.1, 0.15) is 30.0 Å². The topological polar surface area (TPSA) is 29.3 Å². The summed E-state index contributed by atoms with van der Waals surface area (Å²) in [7, 11) is 0. The standard InChI is InChI=1S/C17H19BrN2/c18-14-8-9-15(16(12-14)20-10-4-5-11-20)17(19)13-6-2-1-3-7-13/h1-3,6-9,12,17H,4-5,10-11,19H2. The Balaban J connectivity index is 2.00. The zero-order valence-corrected chi connectivity index (χ0v) is 13.0. The Kier molecular flexibility index (Phi) is 4.08. The van der Waals surface area contributed by atoms with E-state index in [2.05, 4.69) is 51.2 Å². The number of halogens is 1. The molecule has 0 saturated carbocycles. The molecule has 1 aliphatic heterocycles. The Morgan fingerprint density at radius 2 is 1.70 bits per heavy atom. The van der Waals surface area contributed by atoms with Crippen LogP contribution in [-0.2, 0) is 0 Å². The smallest absolute Gasteiger partial charge is 0.0572 e. The SMILES string of the molecule is NC(c1ccccc1)c1ccc(Br)cc1N1CCCC1. The number of nitrogens with two attached hydrogens (primary N) is 1. The van der Waals surface area contributed by atoms with Crippen molar-refractivity contribution in [1.82, 2.24) is 0 Å². The number of rotatable bonds is 3. The van der Waals surface area contributed by atoms with Crippen LogP contribution in [0.3, 0.4) is 0 Å². The first-order valence-electron chi connectivity index (χ1n) is 7.10. The van der Waals surface area contributed by atoms with Crippen molar-refractivity contribution >= 4 is 21.6 Å². The Hall–Kier alpha value is -1.32. The van der Waals surface area contributed by atoms with Crippen LogP contribution in [0.25, 0.3) is 0 Å². The molecule has 2 aromatic rings. The quantitative estimate of drug-likeness (QED) is 0.918. The second kappa shape index (κ2) is 5.98. The maximum absolute atomic E-state index is 6.49. The molecule has 0 spiro atoms. The van der Waals surface area contributed by atoms with Crippen LogP contribution in [0.5, 0.6) is 0 Å². The first-order valence-corrected chi connectivity index (χ1v) is 7.90. The van der Waals surface area contributed by atoms with E-state index in [-0.39, 0.29) is 6.04 Å². The van der Waals surface area contributed by atoms with E-state index in [0.717, 1.165) is 23.1 Å². The molecule has 0 radical (unpaired) electrons. The minimum absolute atomic E-state index is 0.0695. The van der Waals surface area contributed by atoms with Gasteiger partial charge < -0.3 is 10.6 Å². The highest BCUT2D eigenvalue weighted by molar-refractivity contribution is 9.10. The van der Waals surface area contributed by atoms with E-state index in [1.54, 1.807) is 0 Å². The predicted octanol–water partition coefficient (Wildman–Crippen LogP) is 4.10. The van der Waals surface area contributed by atoms with E-state index < -0.39 is 0 Å². The normalized spacial score (nSPS) is 16.4. The highest BCUT2D eigenvalue weighted by atomic mass is 79.9. The van der Waals surface area contributed by atoms with Crippen molar-refractivity contribution in [3.8, 4) is 0 Å². The second-order valence-corrected chi connectivity index (χ2v) is 6.20. The maximum atomic E-state index is 6.49. The lowest BCUT2D eigenvalue weighted by Gasteiger charge is -2.25. The Labute approximate surface area is 128 Å². The highest BCUT2D eigenvalue weighted by Crippen LogP contribution is 2.33. The third kappa shape index (κ3) is 2.74. The van der Waals surface area contributed by atoms with Gasteiger partial charge in [-0.1, -0.05) is 52.3 Å². The number of anilines is 1. The lowest BCUT2D eigenvalue weighted by molar-refractivity contribution is 0.849. The lowest BCUT2D eigenvalue weighted by atomic mass is 9.97. The number of hydrogen-bond donors (Lipinski definition) is 1. The molecule has 2 N–H and O–H groups in total. The maximum Gasteiger partial charge on any atom is 0.0572 e. The van der Waals surface area contributed by atoms with Crippen molar-refractivity contribution in [2.24, 2.45) is 5.73 Å². The van der Waals surface area contributed by atoms with Gasteiger partial charge in [-0.05, 0) is 36.1 Å². The van der Waals surface area contributed by atoms with Gasteiger partial charge in [-0.2, -0.15) is 0 Å². The molecule has 2 aromatic carbocycles. The molecule has 3 rings (SSSR count). The molecule has 1 saturated heterocycles. The van der Waals surface area contributed by atoms with Crippen molar-refractivity contribution in [2.45, 2.75) is 18.9 Å². The summed E-state index contributed by atoms with van der Waals surface area (Å²) in [6.07, 6.45) is 2.54. The van der Waals surface area contributed by atoms with Crippen LogP contribution in [0.15, 0.2) is 53.0 Å². The minimum atomic E-state index is -0.0695. The summed E-state index contributed by atoms with van der Waals surface area (Å²) in [5, 5.41) is 0. The lowest BCUT2D eigenvalue weighted by Crippen LogP contribution is -2.22. The van der Waals surface area contributed by atoms with Gasteiger partial charge in [0.05, 0.1) is 6.04 Å². The van der Waals surface area contributed by atoms with Gasteiger partial charge in [0.2, 0.25) is 0 Å². The molecule has 0 aliphatic carbocycles. The third-order valence-corrected chi connectivity index (χ3v) is 4.43. The van der Waals surface area contributed by atoms with Gasteiger partial charge in [0.1, 0.15) is 0 Å². The summed E-state index contributed by atoms with van der Waals surface area (Å²) in [5.41, 5.74) is 10.1. The van der Waals surface area contributed by atoms with Gasteiger partial charge in [0.15, 0.2) is 0 Å². The van der Waals surface area contributed by atoms with Gasteiger partial charge in [-0.15, -0.1) is 0 Å². The van der Waals surface area contributed by atoms with Crippen LogP contribution in [0, 0.1) is 0 Å². The Morgan fingerprint density at radius 3 is 2.40 bits per heavy atom. The molecular formula is C17H19BrN2. The molecule has 0 amide bonds. The average Bonchev–Trinajstić information content (AvgIpc) is 3.01. The van der Waals surface area contributed by atoms with Gasteiger partial charge >= 0.3 is 0 Å². The third-order valence-electron chi connectivity index (χ3n) is 3.93. The molecule has 1 atom stereocenters. The van der Waals surface area contributed by atoms with Crippen LogP contribution < -0.4 is 10.6 Å². The molecular weight excluding hydrogens is 312 g/mol. The van der Waals surface area contributed by atoms with Crippen LogP contribution in [0.4, 0.5) is 5.69 Å². The summed E-state index contributed by atoms with van der Waals surface area (Å²) in [4.78, 5) is 2.45.